The molecule has 1 aromatic heterocycles. The van der Waals surface area contributed by atoms with Gasteiger partial charge < -0.3 is 29.7 Å². The summed E-state index contributed by atoms with van der Waals surface area (Å²) >= 11 is 0. The molecule has 0 saturated carbocycles. The van der Waals surface area contributed by atoms with Crippen molar-refractivity contribution in [2.24, 2.45) is 0 Å². The zero-order chi connectivity index (χ0) is 23.5. The van der Waals surface area contributed by atoms with E-state index in [4.69, 9.17) is 4.74 Å². The first-order chi connectivity index (χ1) is 15.9. The van der Waals surface area contributed by atoms with Gasteiger partial charge in [-0.25, -0.2) is 0 Å². The van der Waals surface area contributed by atoms with Crippen molar-refractivity contribution in [3.8, 4) is 17.2 Å². The van der Waals surface area contributed by atoms with Crippen LogP contribution in [0.15, 0.2) is 66.9 Å². The van der Waals surface area contributed by atoms with E-state index in [9.17, 15) is 20.4 Å². The van der Waals surface area contributed by atoms with E-state index in [2.05, 4.69) is 13.8 Å². The third-order valence-corrected chi connectivity index (χ3v) is 5.97. The van der Waals surface area contributed by atoms with E-state index >= 15 is 0 Å². The van der Waals surface area contributed by atoms with E-state index in [0.29, 0.717) is 11.3 Å². The van der Waals surface area contributed by atoms with Crippen LogP contribution in [-0.4, -0.2) is 44.3 Å². The molecule has 1 unspecified atom stereocenters. The van der Waals surface area contributed by atoms with Gasteiger partial charge >= 0.3 is 0 Å². The number of aryl methyl sites for hydroxylation is 2. The van der Waals surface area contributed by atoms with Crippen LogP contribution >= 0.6 is 0 Å². The van der Waals surface area contributed by atoms with Crippen LogP contribution in [0.2, 0.25) is 0 Å². The van der Waals surface area contributed by atoms with Crippen molar-refractivity contribution in [3.63, 3.8) is 0 Å². The maximum absolute atomic E-state index is 10.3. The molecule has 0 amide bonds. The van der Waals surface area contributed by atoms with Gasteiger partial charge in [-0.2, -0.15) is 0 Å². The molecule has 0 radical (unpaired) electrons. The van der Waals surface area contributed by atoms with Crippen LogP contribution < -0.4 is 4.74 Å². The van der Waals surface area contributed by atoms with E-state index in [1.165, 1.54) is 11.1 Å². The zero-order valence-electron chi connectivity index (χ0n) is 18.8. The largest absolute Gasteiger partial charge is 0.457 e. The number of benzene rings is 3. The summed E-state index contributed by atoms with van der Waals surface area (Å²) in [7, 11) is 0. The highest BCUT2D eigenvalue weighted by molar-refractivity contribution is 5.89. The summed E-state index contributed by atoms with van der Waals surface area (Å²) in [5.41, 5.74) is 5.47. The first-order valence-corrected chi connectivity index (χ1v) is 11.0. The Balaban J connectivity index is 1.72. The summed E-state index contributed by atoms with van der Waals surface area (Å²) < 4.78 is 7.97. The van der Waals surface area contributed by atoms with Crippen molar-refractivity contribution >= 4 is 10.9 Å². The molecule has 4 aromatic rings. The molecule has 0 aliphatic rings. The summed E-state index contributed by atoms with van der Waals surface area (Å²) in [6, 6.07) is 19.2. The lowest BCUT2D eigenvalue weighted by Gasteiger charge is -2.13. The molecule has 0 bridgehead atoms. The zero-order valence-corrected chi connectivity index (χ0v) is 18.8. The van der Waals surface area contributed by atoms with E-state index in [1.807, 2.05) is 65.4 Å². The van der Waals surface area contributed by atoms with Crippen LogP contribution in [0, 0.1) is 13.8 Å². The highest BCUT2D eigenvalue weighted by atomic mass is 16.5. The van der Waals surface area contributed by atoms with Gasteiger partial charge in [0.15, 0.2) is 0 Å². The second kappa shape index (κ2) is 9.77. The summed E-state index contributed by atoms with van der Waals surface area (Å²) in [4.78, 5) is 0. The molecular formula is C27H29NO5. The molecule has 2 atom stereocenters. The molecule has 4 N–H and O–H groups in total. The van der Waals surface area contributed by atoms with Crippen LogP contribution in [0.1, 0.15) is 28.4 Å². The van der Waals surface area contributed by atoms with Gasteiger partial charge in [0.2, 0.25) is 0 Å². The number of aliphatic hydroxyl groups is 4. The molecular weight excluding hydrogens is 418 g/mol. The van der Waals surface area contributed by atoms with Gasteiger partial charge in [0, 0.05) is 23.7 Å². The molecule has 6 heteroatoms. The standard InChI is InChI=1S/C27H29NO5/c1-17-6-9-23(12-18(17)2)33-22-10-7-20(8-11-22)28-14-19(13-21(31)15-29)27-24(26(32)16-30)4-3-5-25(27)28/h3-12,14,21,26,29-32H,13,15-16H2,1-2H3/t21-,26?/m0/s1. The van der Waals surface area contributed by atoms with Crippen LogP contribution in [0.25, 0.3) is 16.6 Å². The van der Waals surface area contributed by atoms with Crippen LogP contribution in [0.4, 0.5) is 0 Å². The van der Waals surface area contributed by atoms with Crippen molar-refractivity contribution in [2.75, 3.05) is 13.2 Å². The quantitative estimate of drug-likeness (QED) is 0.328. The minimum Gasteiger partial charge on any atom is -0.457 e. The molecule has 0 aliphatic carbocycles. The Bertz CT molecular complexity index is 1250. The Kier molecular flexibility index (Phi) is 6.81. The van der Waals surface area contributed by atoms with Gasteiger partial charge in [0.1, 0.15) is 17.6 Å². The number of hydrogen-bond donors (Lipinski definition) is 4. The van der Waals surface area contributed by atoms with Gasteiger partial charge in [-0.05, 0) is 78.6 Å². The topological polar surface area (TPSA) is 95.1 Å². The molecule has 0 saturated heterocycles. The van der Waals surface area contributed by atoms with Crippen LogP contribution in [0.5, 0.6) is 11.5 Å². The number of nitrogens with zero attached hydrogens (tertiary/aromatic N) is 1. The lowest BCUT2D eigenvalue weighted by molar-refractivity contribution is 0.0944. The third kappa shape index (κ3) is 4.79. The average Bonchev–Trinajstić information content (AvgIpc) is 3.19. The van der Waals surface area contributed by atoms with Crippen molar-refractivity contribution in [2.45, 2.75) is 32.5 Å². The fraction of sp³-hybridized carbons (Fsp3) is 0.259. The van der Waals surface area contributed by atoms with Crippen molar-refractivity contribution in [1.29, 1.82) is 0 Å². The van der Waals surface area contributed by atoms with E-state index in [1.54, 1.807) is 6.07 Å². The van der Waals surface area contributed by atoms with E-state index in [0.717, 1.165) is 27.9 Å². The van der Waals surface area contributed by atoms with Gasteiger partial charge in [-0.3, -0.25) is 0 Å². The Morgan fingerprint density at radius 1 is 0.848 bits per heavy atom. The third-order valence-electron chi connectivity index (χ3n) is 5.97. The minimum absolute atomic E-state index is 0.225. The SMILES string of the molecule is Cc1ccc(Oc2ccc(-n3cc(C[C@H](O)CO)c4c(C(O)CO)cccc43)cc2)cc1C. The predicted molar refractivity (Wildman–Crippen MR) is 128 cm³/mol. The minimum atomic E-state index is -1.04. The fourth-order valence-electron chi connectivity index (χ4n) is 4.05. The Morgan fingerprint density at radius 2 is 1.58 bits per heavy atom. The molecule has 0 spiro atoms. The molecule has 0 fully saturated rings. The molecule has 6 nitrogen and oxygen atoms in total. The molecule has 4 rings (SSSR count). The number of hydrogen-bond acceptors (Lipinski definition) is 5. The summed E-state index contributed by atoms with van der Waals surface area (Å²) in [5, 5.41) is 40.0. The number of fused-ring (bicyclic) bond motifs is 1. The number of aliphatic hydroxyl groups excluding tert-OH is 4. The Hall–Kier alpha value is -3.16. The van der Waals surface area contributed by atoms with Crippen LogP contribution in [0.3, 0.4) is 0 Å². The van der Waals surface area contributed by atoms with Gasteiger partial charge in [-0.1, -0.05) is 18.2 Å². The molecule has 33 heavy (non-hydrogen) atoms. The highest BCUT2D eigenvalue weighted by Crippen LogP contribution is 2.33. The summed E-state index contributed by atoms with van der Waals surface area (Å²) in [6.07, 6.45) is 0.167. The van der Waals surface area contributed by atoms with Crippen molar-refractivity contribution in [3.05, 3.63) is 89.1 Å². The second-order valence-corrected chi connectivity index (χ2v) is 8.35. The van der Waals surface area contributed by atoms with Crippen molar-refractivity contribution in [1.82, 2.24) is 4.57 Å². The fourth-order valence-corrected chi connectivity index (χ4v) is 4.05. The smallest absolute Gasteiger partial charge is 0.127 e. The van der Waals surface area contributed by atoms with Gasteiger partial charge in [0.05, 0.1) is 24.8 Å². The van der Waals surface area contributed by atoms with Crippen LogP contribution in [-0.2, 0) is 6.42 Å². The number of ether oxygens (including phenoxy) is 1. The summed E-state index contributed by atoms with van der Waals surface area (Å²) in [5.74, 6) is 1.49. The van der Waals surface area contributed by atoms with Crippen molar-refractivity contribution < 1.29 is 25.2 Å². The molecule has 3 aromatic carbocycles. The Morgan fingerprint density at radius 3 is 2.24 bits per heavy atom. The van der Waals surface area contributed by atoms with Gasteiger partial charge in [-0.15, -0.1) is 0 Å². The molecule has 0 aliphatic heterocycles. The molecule has 172 valence electrons. The average molecular weight is 448 g/mol. The lowest BCUT2D eigenvalue weighted by atomic mass is 9.99. The Labute approximate surface area is 192 Å². The summed E-state index contributed by atoms with van der Waals surface area (Å²) in [6.45, 7) is 3.35. The maximum atomic E-state index is 10.3. The number of aromatic nitrogens is 1. The predicted octanol–water partition coefficient (Wildman–Crippen LogP) is 3.96. The first kappa shape index (κ1) is 23.0. The highest BCUT2D eigenvalue weighted by Gasteiger charge is 2.19. The number of rotatable bonds is 8. The monoisotopic (exact) mass is 447 g/mol. The second-order valence-electron chi connectivity index (χ2n) is 8.35. The maximum Gasteiger partial charge on any atom is 0.127 e. The first-order valence-electron chi connectivity index (χ1n) is 11.0. The van der Waals surface area contributed by atoms with Gasteiger partial charge in [0.25, 0.3) is 0 Å². The van der Waals surface area contributed by atoms with E-state index < -0.39 is 18.8 Å². The normalized spacial score (nSPS) is 13.3. The molecule has 1 heterocycles. The lowest BCUT2D eigenvalue weighted by Crippen LogP contribution is -2.15. The van der Waals surface area contributed by atoms with E-state index in [-0.39, 0.29) is 13.0 Å².